The summed E-state index contributed by atoms with van der Waals surface area (Å²) in [6.07, 6.45) is 4.94. The van der Waals surface area contributed by atoms with Gasteiger partial charge in [0.1, 0.15) is 0 Å². The van der Waals surface area contributed by atoms with Gasteiger partial charge in [-0.15, -0.1) is 0 Å². The molecule has 0 aliphatic carbocycles. The summed E-state index contributed by atoms with van der Waals surface area (Å²) in [5, 5.41) is 0. The molecule has 0 aromatic heterocycles. The Balaban J connectivity index is 1.75. The highest BCUT2D eigenvalue weighted by Crippen LogP contribution is 2.13. The van der Waals surface area contributed by atoms with Crippen molar-refractivity contribution in [2.45, 2.75) is 12.5 Å². The molecule has 1 aliphatic heterocycles. The van der Waals surface area contributed by atoms with Crippen LogP contribution in [0.1, 0.15) is 6.42 Å². The summed E-state index contributed by atoms with van der Waals surface area (Å²) in [5.74, 6) is 0. The maximum Gasteiger partial charge on any atom is 0.0876 e. The first kappa shape index (κ1) is 6.62. The van der Waals surface area contributed by atoms with Crippen molar-refractivity contribution in [1.82, 2.24) is 0 Å². The first-order chi connectivity index (χ1) is 4.43. The molecule has 1 rings (SSSR count). The molecule has 1 fully saturated rings. The van der Waals surface area contributed by atoms with E-state index in [2.05, 4.69) is 13.0 Å². The Morgan fingerprint density at radius 1 is 1.78 bits per heavy atom. The summed E-state index contributed by atoms with van der Waals surface area (Å²) in [7, 11) is 0. The highest BCUT2D eigenvalue weighted by Gasteiger charge is 2.21. The molecule has 0 spiro atoms. The third-order valence-corrected chi connectivity index (χ3v) is 1.14. The molecule has 2 nitrogen and oxygen atoms in total. The molecule has 1 saturated heterocycles. The average molecular weight is 127 g/mol. The maximum atomic E-state index is 4.95. The minimum Gasteiger partial charge on any atom is -0.502 e. The van der Waals surface area contributed by atoms with Gasteiger partial charge in [0.25, 0.3) is 0 Å². The van der Waals surface area contributed by atoms with Crippen molar-refractivity contribution in [3.63, 3.8) is 0 Å². The molecule has 0 saturated carbocycles. The van der Waals surface area contributed by atoms with Crippen molar-refractivity contribution in [2.24, 2.45) is 0 Å². The molecule has 0 bridgehead atoms. The molecule has 1 radical (unpaired) electrons. The van der Waals surface area contributed by atoms with E-state index in [1.54, 1.807) is 0 Å². The van der Waals surface area contributed by atoms with E-state index in [1.165, 1.54) is 6.26 Å². The lowest BCUT2D eigenvalue weighted by molar-refractivity contribution is 0.250. The van der Waals surface area contributed by atoms with Gasteiger partial charge in [0.05, 0.1) is 25.6 Å². The summed E-state index contributed by atoms with van der Waals surface area (Å²) >= 11 is 0. The fourth-order valence-electron chi connectivity index (χ4n) is 0.597. The van der Waals surface area contributed by atoms with Crippen molar-refractivity contribution >= 4 is 0 Å². The number of rotatable bonds is 5. The molecule has 51 valence electrons. The second-order valence-corrected chi connectivity index (χ2v) is 1.93. The SMILES string of the molecule is C=COCC[CH]C1CO1. The second kappa shape index (κ2) is 3.51. The molecule has 1 atom stereocenters. The van der Waals surface area contributed by atoms with Crippen LogP contribution in [0.5, 0.6) is 0 Å². The molecule has 2 heteroatoms. The summed E-state index contributed by atoms with van der Waals surface area (Å²) in [6, 6.07) is 0. The molecular weight excluding hydrogens is 116 g/mol. The summed E-state index contributed by atoms with van der Waals surface area (Å²) in [4.78, 5) is 0. The normalized spacial score (nSPS) is 23.3. The Morgan fingerprint density at radius 3 is 3.11 bits per heavy atom. The number of hydrogen-bond acceptors (Lipinski definition) is 2. The van der Waals surface area contributed by atoms with Gasteiger partial charge in [-0.3, -0.25) is 0 Å². The van der Waals surface area contributed by atoms with Gasteiger partial charge in [0.15, 0.2) is 0 Å². The van der Waals surface area contributed by atoms with Crippen LogP contribution in [-0.2, 0) is 9.47 Å². The van der Waals surface area contributed by atoms with Gasteiger partial charge in [-0.25, -0.2) is 0 Å². The Bertz CT molecular complexity index is 86.9. The van der Waals surface area contributed by atoms with E-state index in [0.717, 1.165) is 19.6 Å². The van der Waals surface area contributed by atoms with Gasteiger partial charge >= 0.3 is 0 Å². The zero-order valence-electron chi connectivity index (χ0n) is 5.38. The van der Waals surface area contributed by atoms with E-state index in [1.807, 2.05) is 0 Å². The van der Waals surface area contributed by atoms with Crippen LogP contribution >= 0.6 is 0 Å². The minimum absolute atomic E-state index is 0.415. The third kappa shape index (κ3) is 3.14. The number of ether oxygens (including phenoxy) is 2. The van der Waals surface area contributed by atoms with Crippen LogP contribution in [0.25, 0.3) is 0 Å². The monoisotopic (exact) mass is 127 g/mol. The van der Waals surface area contributed by atoms with E-state index in [-0.39, 0.29) is 0 Å². The summed E-state index contributed by atoms with van der Waals surface area (Å²) in [5.41, 5.74) is 0. The Labute approximate surface area is 55.5 Å². The highest BCUT2D eigenvalue weighted by molar-refractivity contribution is 4.85. The van der Waals surface area contributed by atoms with Crippen molar-refractivity contribution in [1.29, 1.82) is 0 Å². The lowest BCUT2D eigenvalue weighted by Crippen LogP contribution is -1.92. The quantitative estimate of drug-likeness (QED) is 0.314. The minimum atomic E-state index is 0.415. The number of epoxide rings is 1. The third-order valence-electron chi connectivity index (χ3n) is 1.14. The fraction of sp³-hybridized carbons (Fsp3) is 0.571. The van der Waals surface area contributed by atoms with E-state index >= 15 is 0 Å². The number of hydrogen-bond donors (Lipinski definition) is 0. The van der Waals surface area contributed by atoms with Crippen LogP contribution in [0.2, 0.25) is 0 Å². The molecule has 0 amide bonds. The van der Waals surface area contributed by atoms with Gasteiger partial charge < -0.3 is 9.47 Å². The highest BCUT2D eigenvalue weighted by atomic mass is 16.6. The molecule has 1 aliphatic rings. The molecule has 1 heterocycles. The smallest absolute Gasteiger partial charge is 0.0876 e. The topological polar surface area (TPSA) is 21.8 Å². The lowest BCUT2D eigenvalue weighted by atomic mass is 10.3. The predicted octanol–water partition coefficient (Wildman–Crippen LogP) is 1.14. The Morgan fingerprint density at radius 2 is 2.56 bits per heavy atom. The van der Waals surface area contributed by atoms with E-state index < -0.39 is 0 Å². The predicted molar refractivity (Wildman–Crippen MR) is 34.8 cm³/mol. The first-order valence-electron chi connectivity index (χ1n) is 3.11. The van der Waals surface area contributed by atoms with Crippen molar-refractivity contribution < 1.29 is 9.47 Å². The van der Waals surface area contributed by atoms with E-state index in [0.29, 0.717) is 6.10 Å². The van der Waals surface area contributed by atoms with Crippen LogP contribution in [0, 0.1) is 6.42 Å². The van der Waals surface area contributed by atoms with Crippen LogP contribution in [-0.4, -0.2) is 19.3 Å². The van der Waals surface area contributed by atoms with Gasteiger partial charge in [0, 0.05) is 0 Å². The van der Waals surface area contributed by atoms with Gasteiger partial charge in [-0.1, -0.05) is 6.58 Å². The largest absolute Gasteiger partial charge is 0.502 e. The van der Waals surface area contributed by atoms with Crippen molar-refractivity contribution in [3.05, 3.63) is 19.3 Å². The van der Waals surface area contributed by atoms with Gasteiger partial charge in [-0.05, 0) is 12.8 Å². The average Bonchev–Trinajstić information content (AvgIpc) is 2.63. The molecule has 9 heavy (non-hydrogen) atoms. The van der Waals surface area contributed by atoms with E-state index in [9.17, 15) is 0 Å². The molecular formula is C7H11O2. The van der Waals surface area contributed by atoms with Crippen molar-refractivity contribution in [3.8, 4) is 0 Å². The van der Waals surface area contributed by atoms with Gasteiger partial charge in [0.2, 0.25) is 0 Å². The molecule has 1 unspecified atom stereocenters. The second-order valence-electron chi connectivity index (χ2n) is 1.93. The van der Waals surface area contributed by atoms with Crippen LogP contribution in [0.4, 0.5) is 0 Å². The fourth-order valence-corrected chi connectivity index (χ4v) is 0.597. The summed E-state index contributed by atoms with van der Waals surface area (Å²) in [6.45, 7) is 5.05. The van der Waals surface area contributed by atoms with E-state index in [4.69, 9.17) is 9.47 Å². The Kier molecular flexibility index (Phi) is 2.58. The van der Waals surface area contributed by atoms with Gasteiger partial charge in [-0.2, -0.15) is 0 Å². The van der Waals surface area contributed by atoms with Crippen molar-refractivity contribution in [2.75, 3.05) is 13.2 Å². The molecule has 0 aromatic carbocycles. The standard InChI is InChI=1S/C7H11O2/c1-2-8-5-3-4-7-6-9-7/h2,4,7H,1,3,5-6H2. The summed E-state index contributed by atoms with van der Waals surface area (Å²) < 4.78 is 9.84. The van der Waals surface area contributed by atoms with Crippen LogP contribution in [0.3, 0.4) is 0 Å². The first-order valence-corrected chi connectivity index (χ1v) is 3.11. The molecule has 0 N–H and O–H groups in total. The van der Waals surface area contributed by atoms with Crippen LogP contribution < -0.4 is 0 Å². The Hall–Kier alpha value is -0.500. The lowest BCUT2D eigenvalue weighted by Gasteiger charge is -1.95. The molecule has 0 aromatic rings. The maximum absolute atomic E-state index is 4.95. The zero-order valence-corrected chi connectivity index (χ0v) is 5.38. The zero-order chi connectivity index (χ0) is 6.53. The van der Waals surface area contributed by atoms with Crippen LogP contribution in [0.15, 0.2) is 12.8 Å².